The zero-order chi connectivity index (χ0) is 20.3. The summed E-state index contributed by atoms with van der Waals surface area (Å²) in [5.41, 5.74) is 1.42. The van der Waals surface area contributed by atoms with E-state index in [9.17, 15) is 8.78 Å². The van der Waals surface area contributed by atoms with Crippen LogP contribution in [0.2, 0.25) is 5.02 Å². The van der Waals surface area contributed by atoms with E-state index in [0.717, 1.165) is 0 Å². The van der Waals surface area contributed by atoms with E-state index >= 15 is 0 Å². The Hall–Kier alpha value is -3.05. The minimum absolute atomic E-state index is 0.140. The minimum atomic E-state index is -0.573. The van der Waals surface area contributed by atoms with Crippen LogP contribution < -0.4 is 5.32 Å². The summed E-state index contributed by atoms with van der Waals surface area (Å²) in [6, 6.07) is 7.18. The maximum Gasteiger partial charge on any atom is 0.162 e. The van der Waals surface area contributed by atoms with Gasteiger partial charge in [0.2, 0.25) is 0 Å². The first kappa shape index (κ1) is 19.7. The van der Waals surface area contributed by atoms with Crippen molar-refractivity contribution < 1.29 is 8.78 Å². The lowest BCUT2D eigenvalue weighted by Crippen LogP contribution is -2.02. The number of nitrogens with zero attached hydrogens (tertiary/aromatic N) is 2. The van der Waals surface area contributed by atoms with E-state index < -0.39 is 11.6 Å². The molecule has 0 bridgehead atoms. The fraction of sp³-hybridized carbons (Fsp3) is 0.0909. The number of hydrogen-bond acceptors (Lipinski definition) is 3. The van der Waals surface area contributed by atoms with Gasteiger partial charge in [-0.05, 0) is 42.8 Å². The first-order valence-electron chi connectivity index (χ1n) is 8.58. The first-order chi connectivity index (χ1) is 13.5. The Labute approximate surface area is 167 Å². The van der Waals surface area contributed by atoms with Crippen LogP contribution in [0.3, 0.4) is 0 Å². The summed E-state index contributed by atoms with van der Waals surface area (Å²) in [7, 11) is 1.68. The molecule has 2 aromatic carbocycles. The molecule has 0 radical (unpaired) electrons. The standard InChI is InChI=1S/C22H18ClF2N3/c1-4-6-7-13(5-2)21-27-20-17(22(26-3)28-21)10-14(11-19(20)25)16-9-8-15(23)12-18(16)24/h4-12H,2H2,1,3H3,(H,26,27,28)/b6-4-,13-7+. The molecule has 0 atom stereocenters. The van der Waals surface area contributed by atoms with Gasteiger partial charge in [0.25, 0.3) is 0 Å². The van der Waals surface area contributed by atoms with Gasteiger partial charge in [0.15, 0.2) is 5.82 Å². The molecular formula is C22H18ClF2N3. The highest BCUT2D eigenvalue weighted by Crippen LogP contribution is 2.32. The lowest BCUT2D eigenvalue weighted by atomic mass is 10.0. The summed E-state index contributed by atoms with van der Waals surface area (Å²) < 4.78 is 29.2. The number of benzene rings is 2. The Bertz CT molecular complexity index is 1120. The Kier molecular flexibility index (Phi) is 5.85. The minimum Gasteiger partial charge on any atom is -0.373 e. The van der Waals surface area contributed by atoms with Crippen LogP contribution in [0, 0.1) is 11.6 Å². The van der Waals surface area contributed by atoms with E-state index in [1.54, 1.807) is 31.3 Å². The zero-order valence-electron chi connectivity index (χ0n) is 15.4. The van der Waals surface area contributed by atoms with Gasteiger partial charge in [0, 0.05) is 28.6 Å². The summed E-state index contributed by atoms with van der Waals surface area (Å²) in [6.45, 7) is 5.65. The number of nitrogens with one attached hydrogen (secondary N) is 1. The molecule has 142 valence electrons. The average Bonchev–Trinajstić information content (AvgIpc) is 2.68. The lowest BCUT2D eigenvalue weighted by Gasteiger charge is -2.12. The highest BCUT2D eigenvalue weighted by atomic mass is 35.5. The summed E-state index contributed by atoms with van der Waals surface area (Å²) in [6.07, 6.45) is 7.09. The SMILES string of the molecule is C=C/C(=C\C=C/C)c1nc(NC)c2cc(-c3ccc(Cl)cc3F)cc(F)c2n1. The van der Waals surface area contributed by atoms with Crippen LogP contribution in [0.5, 0.6) is 0 Å². The smallest absolute Gasteiger partial charge is 0.162 e. The summed E-state index contributed by atoms with van der Waals surface area (Å²) >= 11 is 5.81. The fourth-order valence-corrected chi connectivity index (χ4v) is 2.98. The van der Waals surface area contributed by atoms with Crippen LogP contribution in [-0.4, -0.2) is 17.0 Å². The Morgan fingerprint density at radius 3 is 2.57 bits per heavy atom. The van der Waals surface area contributed by atoms with Crippen LogP contribution in [-0.2, 0) is 0 Å². The molecule has 1 N–H and O–H groups in total. The second-order valence-electron chi connectivity index (χ2n) is 5.98. The van der Waals surface area contributed by atoms with Crippen LogP contribution in [0.1, 0.15) is 12.7 Å². The summed E-state index contributed by atoms with van der Waals surface area (Å²) in [5, 5.41) is 3.69. The molecule has 0 amide bonds. The molecule has 0 aliphatic rings. The van der Waals surface area contributed by atoms with Crippen molar-refractivity contribution in [3.63, 3.8) is 0 Å². The van der Waals surface area contributed by atoms with Gasteiger partial charge in [-0.1, -0.05) is 42.5 Å². The molecule has 0 saturated heterocycles. The Morgan fingerprint density at radius 2 is 1.93 bits per heavy atom. The van der Waals surface area contributed by atoms with E-state index in [-0.39, 0.29) is 16.1 Å². The van der Waals surface area contributed by atoms with Crippen molar-refractivity contribution in [2.45, 2.75) is 6.92 Å². The van der Waals surface area contributed by atoms with Gasteiger partial charge >= 0.3 is 0 Å². The van der Waals surface area contributed by atoms with Gasteiger partial charge in [0.1, 0.15) is 23.0 Å². The Balaban J connectivity index is 2.25. The van der Waals surface area contributed by atoms with Gasteiger partial charge in [-0.15, -0.1) is 0 Å². The number of aromatic nitrogens is 2. The van der Waals surface area contributed by atoms with Crippen molar-refractivity contribution in [1.29, 1.82) is 0 Å². The summed E-state index contributed by atoms with van der Waals surface area (Å²) in [4.78, 5) is 8.84. The molecule has 3 rings (SSSR count). The molecule has 0 unspecified atom stereocenters. The second kappa shape index (κ2) is 8.31. The number of rotatable bonds is 5. The normalized spacial score (nSPS) is 12.0. The van der Waals surface area contributed by atoms with Crippen molar-refractivity contribution >= 4 is 33.9 Å². The van der Waals surface area contributed by atoms with E-state index in [1.807, 2.05) is 19.1 Å². The van der Waals surface area contributed by atoms with E-state index in [1.165, 1.54) is 18.2 Å². The number of fused-ring (bicyclic) bond motifs is 1. The molecule has 0 aliphatic heterocycles. The predicted octanol–water partition coefficient (Wildman–Crippen LogP) is 6.42. The monoisotopic (exact) mass is 397 g/mol. The largest absolute Gasteiger partial charge is 0.373 e. The van der Waals surface area contributed by atoms with Gasteiger partial charge < -0.3 is 5.32 Å². The molecule has 0 saturated carbocycles. The van der Waals surface area contributed by atoms with E-state index in [0.29, 0.717) is 28.2 Å². The molecule has 0 spiro atoms. The topological polar surface area (TPSA) is 37.8 Å². The van der Waals surface area contributed by atoms with Gasteiger partial charge in [-0.3, -0.25) is 0 Å². The van der Waals surface area contributed by atoms with Crippen molar-refractivity contribution in [2.75, 3.05) is 12.4 Å². The van der Waals surface area contributed by atoms with Crippen LogP contribution in [0.4, 0.5) is 14.6 Å². The van der Waals surface area contributed by atoms with Crippen LogP contribution in [0.25, 0.3) is 27.6 Å². The van der Waals surface area contributed by atoms with Crippen LogP contribution >= 0.6 is 11.6 Å². The average molecular weight is 398 g/mol. The van der Waals surface area contributed by atoms with Gasteiger partial charge in [-0.2, -0.15) is 0 Å². The third-order valence-electron chi connectivity index (χ3n) is 4.18. The molecule has 0 aliphatic carbocycles. The number of hydrogen-bond donors (Lipinski definition) is 1. The molecule has 28 heavy (non-hydrogen) atoms. The molecule has 1 aromatic heterocycles. The number of halogens is 3. The van der Waals surface area contributed by atoms with Crippen molar-refractivity contribution in [2.24, 2.45) is 0 Å². The maximum atomic E-state index is 14.9. The Morgan fingerprint density at radius 1 is 1.14 bits per heavy atom. The quantitative estimate of drug-likeness (QED) is 0.505. The highest BCUT2D eigenvalue weighted by molar-refractivity contribution is 6.30. The number of anilines is 1. The van der Waals surface area contributed by atoms with E-state index in [4.69, 9.17) is 11.6 Å². The number of allylic oxidation sites excluding steroid dienone is 5. The zero-order valence-corrected chi connectivity index (χ0v) is 16.2. The molecular weight excluding hydrogens is 380 g/mol. The summed E-state index contributed by atoms with van der Waals surface area (Å²) in [5.74, 6) is -0.327. The lowest BCUT2D eigenvalue weighted by molar-refractivity contribution is 0.628. The molecule has 6 heteroatoms. The molecule has 3 aromatic rings. The third kappa shape index (κ3) is 3.80. The van der Waals surface area contributed by atoms with Crippen molar-refractivity contribution in [3.8, 4) is 11.1 Å². The predicted molar refractivity (Wildman–Crippen MR) is 112 cm³/mol. The second-order valence-corrected chi connectivity index (χ2v) is 6.41. The van der Waals surface area contributed by atoms with Crippen molar-refractivity contribution in [3.05, 3.63) is 83.7 Å². The molecule has 3 nitrogen and oxygen atoms in total. The van der Waals surface area contributed by atoms with Crippen molar-refractivity contribution in [1.82, 2.24) is 9.97 Å². The van der Waals surface area contributed by atoms with E-state index in [2.05, 4.69) is 21.9 Å². The van der Waals surface area contributed by atoms with Crippen LogP contribution in [0.15, 0.2) is 61.2 Å². The maximum absolute atomic E-state index is 14.9. The van der Waals surface area contributed by atoms with Gasteiger partial charge in [-0.25, -0.2) is 18.7 Å². The molecule has 1 heterocycles. The van der Waals surface area contributed by atoms with Gasteiger partial charge in [0.05, 0.1) is 0 Å². The third-order valence-corrected chi connectivity index (χ3v) is 4.41. The first-order valence-corrected chi connectivity index (χ1v) is 8.96. The fourth-order valence-electron chi connectivity index (χ4n) is 2.82. The highest BCUT2D eigenvalue weighted by Gasteiger charge is 2.16. The molecule has 0 fully saturated rings.